The fourth-order valence-corrected chi connectivity index (χ4v) is 7.89. The van der Waals surface area contributed by atoms with E-state index in [1.165, 1.54) is 11.1 Å². The summed E-state index contributed by atoms with van der Waals surface area (Å²) in [5.74, 6) is -0.405. The van der Waals surface area contributed by atoms with Crippen LogP contribution in [0.15, 0.2) is 109 Å². The van der Waals surface area contributed by atoms with Gasteiger partial charge in [-0.3, -0.25) is 9.97 Å². The third-order valence-electron chi connectivity index (χ3n) is 10.4. The Kier molecular flexibility index (Phi) is 5.41. The van der Waals surface area contributed by atoms with Crippen LogP contribution in [0.2, 0.25) is 0 Å². The zero-order valence-electron chi connectivity index (χ0n) is 26.0. The predicted octanol–water partition coefficient (Wildman–Crippen LogP) is 11.3. The molecule has 5 aromatic carbocycles. The van der Waals surface area contributed by atoms with Crippen LogP contribution in [0.3, 0.4) is 0 Å². The molecule has 0 atom stereocenters. The summed E-state index contributed by atoms with van der Waals surface area (Å²) in [6.07, 6.45) is 3.86. The third-order valence-corrected chi connectivity index (χ3v) is 10.4. The first-order valence-corrected chi connectivity index (χ1v) is 15.7. The number of hydrogen-bond donors (Lipinski definition) is 0. The van der Waals surface area contributed by atoms with Crippen LogP contribution in [0.5, 0.6) is 0 Å². The molecule has 0 fully saturated rings. The first-order chi connectivity index (χ1) is 22.1. The van der Waals surface area contributed by atoms with Crippen molar-refractivity contribution in [1.29, 1.82) is 0 Å². The van der Waals surface area contributed by atoms with Gasteiger partial charge in [-0.25, -0.2) is 8.78 Å². The molecule has 0 saturated heterocycles. The molecule has 2 aliphatic carbocycles. The quantitative estimate of drug-likeness (QED) is 0.184. The number of fused-ring (bicyclic) bond motifs is 9. The number of pyridine rings is 2. The van der Waals surface area contributed by atoms with E-state index < -0.39 is 0 Å². The summed E-state index contributed by atoms with van der Waals surface area (Å²) >= 11 is 0. The van der Waals surface area contributed by atoms with Crippen molar-refractivity contribution < 1.29 is 10.2 Å². The number of benzene rings is 5. The van der Waals surface area contributed by atoms with Crippen molar-refractivity contribution in [2.24, 2.45) is 0 Å². The molecule has 0 saturated carbocycles. The number of aromatic nitrogens is 2. The Hall–Kier alpha value is -5.22. The van der Waals surface area contributed by atoms with Gasteiger partial charge in [0.1, 0.15) is 11.6 Å². The van der Waals surface area contributed by atoms with Crippen molar-refractivity contribution in [3.05, 3.63) is 143 Å². The summed E-state index contributed by atoms with van der Waals surface area (Å²) in [5.41, 5.74) is 14.4. The standard InChI is InChI=1S/C42H30F2N2.H2/c1-41(2)35-17-23(7-11-31(35)33-13-9-29(43)19-37(33)41)27-15-25-5-6-26-16-28(22-46-40(26)39(25)45-21-27)24-8-12-32-34-14-10-30(44)20-38(34)42(3,4)36(32)18-24;/h5-22H,1-4H3;1H/i;1+1. The summed E-state index contributed by atoms with van der Waals surface area (Å²) < 4.78 is 28.3. The second-order valence-corrected chi connectivity index (χ2v) is 13.8. The highest BCUT2D eigenvalue weighted by Gasteiger charge is 2.37. The normalized spacial score (nSPS) is 15.1. The van der Waals surface area contributed by atoms with Crippen LogP contribution in [-0.2, 0) is 10.8 Å². The second kappa shape index (κ2) is 9.17. The van der Waals surface area contributed by atoms with Gasteiger partial charge in [0.2, 0.25) is 0 Å². The van der Waals surface area contributed by atoms with Crippen molar-refractivity contribution in [2.75, 3.05) is 0 Å². The molecule has 0 N–H and O–H groups in total. The molecule has 9 rings (SSSR count). The van der Waals surface area contributed by atoms with Crippen molar-refractivity contribution in [1.82, 2.24) is 9.97 Å². The van der Waals surface area contributed by atoms with Gasteiger partial charge in [0.05, 0.1) is 11.0 Å². The van der Waals surface area contributed by atoms with Crippen molar-refractivity contribution in [2.45, 2.75) is 38.5 Å². The molecular weight excluding hydrogens is 570 g/mol. The van der Waals surface area contributed by atoms with Gasteiger partial charge in [-0.05, 0) is 104 Å². The molecule has 0 spiro atoms. The van der Waals surface area contributed by atoms with Crippen LogP contribution in [0.1, 0.15) is 51.4 Å². The molecule has 46 heavy (non-hydrogen) atoms. The molecule has 7 aromatic rings. The van der Waals surface area contributed by atoms with Crippen LogP contribution in [0, 0.1) is 11.6 Å². The molecular formula is C42H32F2N2. The zero-order valence-corrected chi connectivity index (χ0v) is 26.0. The molecule has 224 valence electrons. The van der Waals surface area contributed by atoms with E-state index in [0.29, 0.717) is 0 Å². The van der Waals surface area contributed by atoms with E-state index in [2.05, 4.69) is 88.4 Å². The van der Waals surface area contributed by atoms with Crippen molar-refractivity contribution in [3.63, 3.8) is 0 Å². The topological polar surface area (TPSA) is 25.8 Å². The summed E-state index contributed by atoms with van der Waals surface area (Å²) in [5, 5.41) is 2.05. The Bertz CT molecular complexity index is 2290. The van der Waals surface area contributed by atoms with Crippen LogP contribution < -0.4 is 0 Å². The smallest absolute Gasteiger partial charge is 0.123 e. The van der Waals surface area contributed by atoms with E-state index in [0.717, 1.165) is 77.4 Å². The Morgan fingerprint density at radius 1 is 0.435 bits per heavy atom. The lowest BCUT2D eigenvalue weighted by molar-refractivity contribution is 0.609. The molecule has 2 aliphatic rings. The SMILES string of the molecule is CC1(C)c2cc(F)ccc2-c2ccc(-c3cnc4c(ccc5cc(-c6ccc7c(c6)C(C)(C)c6cc(F)ccc6-7)cnc54)c3)cc21.[2HH]. The fraction of sp³-hybridized carbons (Fsp3) is 0.143. The minimum absolute atomic E-state index is 0. The molecule has 0 aliphatic heterocycles. The van der Waals surface area contributed by atoms with E-state index >= 15 is 0 Å². The van der Waals surface area contributed by atoms with Gasteiger partial charge < -0.3 is 0 Å². The number of rotatable bonds is 2. The predicted molar refractivity (Wildman–Crippen MR) is 185 cm³/mol. The first kappa shape index (κ1) is 27.1. The van der Waals surface area contributed by atoms with Crippen LogP contribution in [0.4, 0.5) is 8.78 Å². The molecule has 2 aromatic heterocycles. The van der Waals surface area contributed by atoms with Crippen LogP contribution >= 0.6 is 0 Å². The van der Waals surface area contributed by atoms with E-state index in [-0.39, 0.29) is 23.9 Å². The number of nitrogens with zero attached hydrogens (tertiary/aromatic N) is 2. The highest BCUT2D eigenvalue weighted by Crippen LogP contribution is 2.51. The van der Waals surface area contributed by atoms with Crippen molar-refractivity contribution in [3.8, 4) is 44.5 Å². The largest absolute Gasteiger partial charge is 0.253 e. The average Bonchev–Trinajstić information content (AvgIpc) is 3.42. The van der Waals surface area contributed by atoms with Crippen LogP contribution in [-0.4, -0.2) is 9.97 Å². The summed E-state index contributed by atoms with van der Waals surface area (Å²) in [6.45, 7) is 8.65. The van der Waals surface area contributed by atoms with Gasteiger partial charge in [0, 0.05) is 46.5 Å². The summed E-state index contributed by atoms with van der Waals surface area (Å²) in [7, 11) is 0. The van der Waals surface area contributed by atoms with Crippen LogP contribution in [0.25, 0.3) is 66.3 Å². The minimum atomic E-state index is -0.290. The summed E-state index contributed by atoms with van der Waals surface area (Å²) in [4.78, 5) is 9.85. The van der Waals surface area contributed by atoms with E-state index in [1.807, 2.05) is 24.5 Å². The molecule has 0 amide bonds. The number of halogens is 2. The molecule has 2 heterocycles. The van der Waals surface area contributed by atoms with Gasteiger partial charge in [-0.2, -0.15) is 0 Å². The molecule has 0 radical (unpaired) electrons. The maximum Gasteiger partial charge on any atom is 0.123 e. The molecule has 0 unspecified atom stereocenters. The van der Waals surface area contributed by atoms with E-state index in [4.69, 9.17) is 9.97 Å². The molecule has 0 bridgehead atoms. The Balaban J connectivity index is 0.00000324. The third kappa shape index (κ3) is 3.73. The Morgan fingerprint density at radius 3 is 1.22 bits per heavy atom. The monoisotopic (exact) mass is 603 g/mol. The van der Waals surface area contributed by atoms with E-state index in [9.17, 15) is 8.78 Å². The highest BCUT2D eigenvalue weighted by molar-refractivity contribution is 6.04. The van der Waals surface area contributed by atoms with E-state index in [1.54, 1.807) is 24.3 Å². The summed E-state index contributed by atoms with van der Waals surface area (Å²) in [6, 6.07) is 31.8. The maximum absolute atomic E-state index is 14.1. The Labute approximate surface area is 267 Å². The molecule has 4 heteroatoms. The lowest BCUT2D eigenvalue weighted by atomic mass is 9.81. The minimum Gasteiger partial charge on any atom is -0.253 e. The zero-order chi connectivity index (χ0) is 31.5. The second-order valence-electron chi connectivity index (χ2n) is 13.8. The average molecular weight is 604 g/mol. The lowest BCUT2D eigenvalue weighted by Crippen LogP contribution is -2.15. The first-order valence-electron chi connectivity index (χ1n) is 15.7. The van der Waals surface area contributed by atoms with Crippen molar-refractivity contribution >= 4 is 21.8 Å². The van der Waals surface area contributed by atoms with Gasteiger partial charge in [0.15, 0.2) is 0 Å². The fourth-order valence-electron chi connectivity index (χ4n) is 7.89. The Morgan fingerprint density at radius 2 is 0.804 bits per heavy atom. The van der Waals surface area contributed by atoms with Gasteiger partial charge in [-0.1, -0.05) is 76.2 Å². The number of hydrogen-bond acceptors (Lipinski definition) is 2. The highest BCUT2D eigenvalue weighted by atomic mass is 19.1. The lowest BCUT2D eigenvalue weighted by Gasteiger charge is -2.22. The molecule has 2 nitrogen and oxygen atoms in total. The maximum atomic E-state index is 14.1. The van der Waals surface area contributed by atoms with Gasteiger partial charge in [-0.15, -0.1) is 0 Å². The van der Waals surface area contributed by atoms with Gasteiger partial charge in [0.25, 0.3) is 0 Å². The van der Waals surface area contributed by atoms with Gasteiger partial charge >= 0.3 is 0 Å².